The third-order valence-electron chi connectivity index (χ3n) is 3.03. The number of amides is 1. The number of morpholine rings is 1. The maximum Gasteiger partial charge on any atom is 0.244 e. The molecule has 0 saturated carbocycles. The number of thiocarbonyl (C=S) groups is 1. The molecule has 1 aliphatic heterocycles. The van der Waals surface area contributed by atoms with Crippen molar-refractivity contribution in [3.63, 3.8) is 0 Å². The lowest BCUT2D eigenvalue weighted by Crippen LogP contribution is -2.54. The van der Waals surface area contributed by atoms with Crippen LogP contribution in [0.15, 0.2) is 6.07 Å². The highest BCUT2D eigenvalue weighted by molar-refractivity contribution is 7.80. The van der Waals surface area contributed by atoms with Crippen LogP contribution in [0.3, 0.4) is 0 Å². The lowest BCUT2D eigenvalue weighted by atomic mass is 10.2. The molecule has 1 fully saturated rings. The van der Waals surface area contributed by atoms with E-state index in [1.54, 1.807) is 13.1 Å². The first kappa shape index (κ1) is 14.6. The molecule has 108 valence electrons. The summed E-state index contributed by atoms with van der Waals surface area (Å²) in [6.07, 6.45) is 0. The molecular weight excluding hydrogens is 278 g/mol. The van der Waals surface area contributed by atoms with Crippen LogP contribution in [0.25, 0.3) is 0 Å². The summed E-state index contributed by atoms with van der Waals surface area (Å²) in [6.45, 7) is 3.20. The summed E-state index contributed by atoms with van der Waals surface area (Å²) in [5.74, 6) is 0.316. The number of hydrogen-bond donors (Lipinski definition) is 2. The Kier molecular flexibility index (Phi) is 4.46. The molecule has 2 heterocycles. The van der Waals surface area contributed by atoms with Crippen molar-refractivity contribution >= 4 is 29.1 Å². The predicted molar refractivity (Wildman–Crippen MR) is 78.7 cm³/mol. The highest BCUT2D eigenvalue weighted by Crippen LogP contribution is 2.17. The van der Waals surface area contributed by atoms with Gasteiger partial charge in [0.1, 0.15) is 16.7 Å². The van der Waals surface area contributed by atoms with Gasteiger partial charge in [0, 0.05) is 19.3 Å². The Morgan fingerprint density at radius 3 is 3.00 bits per heavy atom. The van der Waals surface area contributed by atoms with Crippen LogP contribution < -0.4 is 16.0 Å². The summed E-state index contributed by atoms with van der Waals surface area (Å²) in [5.41, 5.74) is 6.87. The second-order valence-corrected chi connectivity index (χ2v) is 4.90. The van der Waals surface area contributed by atoms with Gasteiger partial charge in [0.25, 0.3) is 0 Å². The molecular formula is C12H17N5O2S. The van der Waals surface area contributed by atoms with Gasteiger partial charge in [-0.25, -0.2) is 9.97 Å². The van der Waals surface area contributed by atoms with E-state index in [-0.39, 0.29) is 10.9 Å². The number of carbonyl (C=O) groups is 1. The van der Waals surface area contributed by atoms with Crippen molar-refractivity contribution < 1.29 is 9.53 Å². The Hall–Kier alpha value is -1.80. The molecule has 0 aromatic carbocycles. The van der Waals surface area contributed by atoms with E-state index in [9.17, 15) is 4.79 Å². The average molecular weight is 295 g/mol. The zero-order chi connectivity index (χ0) is 14.7. The van der Waals surface area contributed by atoms with Crippen molar-refractivity contribution in [2.45, 2.75) is 13.0 Å². The molecule has 0 aliphatic carbocycles. The maximum atomic E-state index is 11.9. The van der Waals surface area contributed by atoms with Gasteiger partial charge in [-0.1, -0.05) is 12.2 Å². The van der Waals surface area contributed by atoms with Crippen molar-refractivity contribution in [3.05, 3.63) is 17.5 Å². The highest BCUT2D eigenvalue weighted by Gasteiger charge is 2.31. The fourth-order valence-corrected chi connectivity index (χ4v) is 2.14. The summed E-state index contributed by atoms with van der Waals surface area (Å²) < 4.78 is 5.36. The minimum absolute atomic E-state index is 0.133. The third kappa shape index (κ3) is 3.02. The van der Waals surface area contributed by atoms with E-state index in [1.165, 1.54) is 0 Å². The van der Waals surface area contributed by atoms with Crippen LogP contribution >= 0.6 is 12.2 Å². The summed E-state index contributed by atoms with van der Waals surface area (Å²) in [4.78, 5) is 22.6. The van der Waals surface area contributed by atoms with E-state index < -0.39 is 6.04 Å². The number of nitrogens with one attached hydrogen (secondary N) is 1. The molecule has 1 aromatic rings. The predicted octanol–water partition coefficient (Wildman–Crippen LogP) is -0.630. The monoisotopic (exact) mass is 295 g/mol. The molecule has 0 spiro atoms. The first-order valence-electron chi connectivity index (χ1n) is 6.24. The second kappa shape index (κ2) is 6.10. The normalized spacial score (nSPS) is 18.7. The molecule has 20 heavy (non-hydrogen) atoms. The van der Waals surface area contributed by atoms with Crippen LogP contribution in [0.5, 0.6) is 0 Å². The Labute approximate surface area is 122 Å². The topological polar surface area (TPSA) is 93.4 Å². The van der Waals surface area contributed by atoms with E-state index >= 15 is 0 Å². The summed E-state index contributed by atoms with van der Waals surface area (Å²) >= 11 is 4.95. The zero-order valence-corrected chi connectivity index (χ0v) is 12.2. The van der Waals surface area contributed by atoms with E-state index in [2.05, 4.69) is 15.3 Å². The van der Waals surface area contributed by atoms with Crippen molar-refractivity contribution in [1.29, 1.82) is 0 Å². The molecule has 1 unspecified atom stereocenters. The Morgan fingerprint density at radius 1 is 1.60 bits per heavy atom. The number of nitrogens with two attached hydrogens (primary N) is 1. The molecule has 1 amide bonds. The number of nitrogens with zero attached hydrogens (tertiary/aromatic N) is 3. The van der Waals surface area contributed by atoms with Crippen molar-refractivity contribution in [2.24, 2.45) is 5.73 Å². The number of aromatic nitrogens is 2. The number of rotatable bonds is 3. The van der Waals surface area contributed by atoms with E-state index in [4.69, 9.17) is 22.7 Å². The van der Waals surface area contributed by atoms with Crippen molar-refractivity contribution in [1.82, 2.24) is 15.3 Å². The van der Waals surface area contributed by atoms with Crippen LogP contribution in [0.4, 0.5) is 5.95 Å². The lowest BCUT2D eigenvalue weighted by molar-refractivity contribution is -0.124. The molecule has 1 atom stereocenters. The van der Waals surface area contributed by atoms with Crippen molar-refractivity contribution in [2.75, 3.05) is 31.7 Å². The van der Waals surface area contributed by atoms with Gasteiger partial charge in [0.05, 0.1) is 13.2 Å². The molecule has 1 aromatic heterocycles. The van der Waals surface area contributed by atoms with Gasteiger partial charge < -0.3 is 20.7 Å². The Morgan fingerprint density at radius 2 is 2.35 bits per heavy atom. The van der Waals surface area contributed by atoms with Crippen LogP contribution in [0.1, 0.15) is 11.4 Å². The number of hydrogen-bond acceptors (Lipinski definition) is 6. The van der Waals surface area contributed by atoms with Gasteiger partial charge >= 0.3 is 0 Å². The lowest BCUT2D eigenvalue weighted by Gasteiger charge is -2.34. The molecule has 1 saturated heterocycles. The van der Waals surface area contributed by atoms with Crippen LogP contribution in [-0.4, -0.2) is 53.7 Å². The molecule has 1 aliphatic rings. The summed E-state index contributed by atoms with van der Waals surface area (Å²) in [5, 5.41) is 2.62. The summed E-state index contributed by atoms with van der Waals surface area (Å²) in [6, 6.07) is 1.27. The van der Waals surface area contributed by atoms with Crippen molar-refractivity contribution in [3.8, 4) is 0 Å². The van der Waals surface area contributed by atoms with Gasteiger partial charge in [-0.2, -0.15) is 0 Å². The minimum Gasteiger partial charge on any atom is -0.388 e. The molecule has 3 N–H and O–H groups in total. The fourth-order valence-electron chi connectivity index (χ4n) is 2.03. The average Bonchev–Trinajstić information content (AvgIpc) is 2.45. The Bertz CT molecular complexity index is 537. The van der Waals surface area contributed by atoms with Gasteiger partial charge in [-0.05, 0) is 13.0 Å². The molecule has 8 heteroatoms. The van der Waals surface area contributed by atoms with Gasteiger partial charge in [-0.15, -0.1) is 0 Å². The van der Waals surface area contributed by atoms with Crippen LogP contribution in [0.2, 0.25) is 0 Å². The first-order valence-corrected chi connectivity index (χ1v) is 6.65. The minimum atomic E-state index is -0.449. The quantitative estimate of drug-likeness (QED) is 0.717. The Balaban J connectivity index is 2.37. The number of likely N-dealkylation sites (N-methyl/N-ethyl adjacent to an activating group) is 1. The third-order valence-corrected chi connectivity index (χ3v) is 3.24. The van der Waals surface area contributed by atoms with Gasteiger partial charge in [0.2, 0.25) is 11.9 Å². The number of aryl methyl sites for hydroxylation is 1. The molecule has 7 nitrogen and oxygen atoms in total. The van der Waals surface area contributed by atoms with Crippen LogP contribution in [0, 0.1) is 6.92 Å². The number of ether oxygens (including phenoxy) is 1. The smallest absolute Gasteiger partial charge is 0.244 e. The number of anilines is 1. The second-order valence-electron chi connectivity index (χ2n) is 4.46. The van der Waals surface area contributed by atoms with Crippen LogP contribution in [-0.2, 0) is 9.53 Å². The zero-order valence-electron chi connectivity index (χ0n) is 11.4. The first-order chi connectivity index (χ1) is 9.52. The highest BCUT2D eigenvalue weighted by atomic mass is 32.1. The molecule has 0 bridgehead atoms. The largest absolute Gasteiger partial charge is 0.388 e. The van der Waals surface area contributed by atoms with Gasteiger partial charge in [0.15, 0.2) is 0 Å². The fraction of sp³-hybridized carbons (Fsp3) is 0.500. The molecule has 2 rings (SSSR count). The molecule has 0 radical (unpaired) electrons. The number of carbonyl (C=O) groups excluding carboxylic acids is 1. The summed E-state index contributed by atoms with van der Waals surface area (Å²) in [7, 11) is 1.59. The van der Waals surface area contributed by atoms with E-state index in [0.717, 1.165) is 5.69 Å². The van der Waals surface area contributed by atoms with E-state index in [0.29, 0.717) is 31.4 Å². The maximum absolute atomic E-state index is 11.9. The van der Waals surface area contributed by atoms with E-state index in [1.807, 2.05) is 11.8 Å². The van der Waals surface area contributed by atoms with Gasteiger partial charge in [-0.3, -0.25) is 4.79 Å². The SMILES string of the molecule is CNC(=O)C1COCCN1c1nc(C)cc(C(N)=S)n1. The standard InChI is InChI=1S/C12H17N5O2S/c1-7-5-8(10(13)20)16-12(15-7)17-3-4-19-6-9(17)11(18)14-2/h5,9H,3-4,6H2,1-2H3,(H2,13,20)(H,14,18).